The molecule has 34 heavy (non-hydrogen) atoms. The van der Waals surface area contributed by atoms with Crippen molar-refractivity contribution in [1.82, 2.24) is 19.7 Å². The summed E-state index contributed by atoms with van der Waals surface area (Å²) >= 11 is 1.17. The molecule has 1 atom stereocenters. The molecule has 1 aliphatic rings. The summed E-state index contributed by atoms with van der Waals surface area (Å²) in [5, 5.41) is 20.8. The molecule has 1 aliphatic heterocycles. The molecule has 11 heteroatoms. The number of anilines is 3. The van der Waals surface area contributed by atoms with Crippen LogP contribution in [0.15, 0.2) is 42.9 Å². The van der Waals surface area contributed by atoms with Crippen LogP contribution >= 0.6 is 11.3 Å². The van der Waals surface area contributed by atoms with Crippen LogP contribution in [0.3, 0.4) is 0 Å². The summed E-state index contributed by atoms with van der Waals surface area (Å²) in [5.74, 6) is -0.893. The summed E-state index contributed by atoms with van der Waals surface area (Å²) in [6.45, 7) is 2.66. The smallest absolute Gasteiger partial charge is 0.337 e. The van der Waals surface area contributed by atoms with Gasteiger partial charge in [-0.2, -0.15) is 5.10 Å². The van der Waals surface area contributed by atoms with Crippen molar-refractivity contribution in [3.8, 4) is 0 Å². The van der Waals surface area contributed by atoms with E-state index in [1.54, 1.807) is 12.3 Å². The predicted molar refractivity (Wildman–Crippen MR) is 128 cm³/mol. The zero-order valence-electron chi connectivity index (χ0n) is 18.3. The van der Waals surface area contributed by atoms with Crippen LogP contribution in [0.2, 0.25) is 0 Å². The van der Waals surface area contributed by atoms with E-state index < -0.39 is 5.97 Å². The number of aryl methyl sites for hydroxylation is 1. The number of rotatable bonds is 6. The van der Waals surface area contributed by atoms with E-state index >= 15 is 0 Å². The maximum atomic E-state index is 13.0. The Morgan fingerprint density at radius 2 is 2.03 bits per heavy atom. The number of fused-ring (bicyclic) bond motifs is 1. The van der Waals surface area contributed by atoms with E-state index in [4.69, 9.17) is 9.84 Å². The van der Waals surface area contributed by atoms with Gasteiger partial charge >= 0.3 is 5.97 Å². The number of benzene rings is 1. The van der Waals surface area contributed by atoms with E-state index in [9.17, 15) is 9.59 Å². The number of nitrogens with one attached hydrogen (secondary N) is 2. The molecule has 3 aromatic heterocycles. The number of carboxylic acids is 1. The Bertz CT molecular complexity index is 1360. The Balaban J connectivity index is 1.34. The number of nitrogens with zero attached hydrogens (tertiary/aromatic N) is 4. The number of hydrogen-bond acceptors (Lipinski definition) is 8. The Morgan fingerprint density at radius 3 is 2.76 bits per heavy atom. The van der Waals surface area contributed by atoms with Crippen molar-refractivity contribution in [3.63, 3.8) is 0 Å². The summed E-state index contributed by atoms with van der Waals surface area (Å²) in [6.07, 6.45) is 7.49. The first-order valence-electron chi connectivity index (χ1n) is 10.8. The van der Waals surface area contributed by atoms with Gasteiger partial charge in [-0.15, -0.1) is 0 Å². The molecule has 5 rings (SSSR count). The molecule has 3 N–H and O–H groups in total. The van der Waals surface area contributed by atoms with Crippen LogP contribution in [0.5, 0.6) is 0 Å². The van der Waals surface area contributed by atoms with Gasteiger partial charge in [-0.3, -0.25) is 4.79 Å². The predicted octanol–water partition coefficient (Wildman–Crippen LogP) is 4.59. The molecule has 174 valence electrons. The van der Waals surface area contributed by atoms with Gasteiger partial charge in [-0.05, 0) is 49.9 Å². The average molecular weight is 479 g/mol. The van der Waals surface area contributed by atoms with Crippen molar-refractivity contribution in [2.24, 2.45) is 0 Å². The van der Waals surface area contributed by atoms with Gasteiger partial charge in [0.25, 0.3) is 5.91 Å². The summed E-state index contributed by atoms with van der Waals surface area (Å²) in [5.41, 5.74) is 2.64. The third-order valence-electron chi connectivity index (χ3n) is 5.63. The standard InChI is InChI=1S/C23H22N6O4S/c1-13-5-7-16-15(11-26-29(16)19-4-2-3-9-33-19)20(13)28-21(30)17-12-25-23(34-17)27-18-8-6-14(10-24-18)22(31)32/h5-8,10-12,19H,2-4,9H2,1H3,(H,28,30)(H,31,32)(H,24,25,27). The van der Waals surface area contributed by atoms with Gasteiger partial charge in [-0.1, -0.05) is 17.4 Å². The van der Waals surface area contributed by atoms with Crippen LogP contribution in [-0.2, 0) is 4.74 Å². The highest BCUT2D eigenvalue weighted by Crippen LogP contribution is 2.32. The van der Waals surface area contributed by atoms with Crippen molar-refractivity contribution in [2.75, 3.05) is 17.2 Å². The first-order chi connectivity index (χ1) is 16.5. The van der Waals surface area contributed by atoms with Crippen LogP contribution in [-0.4, -0.2) is 43.3 Å². The third-order valence-corrected chi connectivity index (χ3v) is 6.54. The number of carbonyl (C=O) groups excluding carboxylic acids is 1. The Labute approximate surface area is 198 Å². The molecule has 1 unspecified atom stereocenters. The Kier molecular flexibility index (Phi) is 5.95. The molecular formula is C23H22N6O4S. The zero-order chi connectivity index (χ0) is 23.7. The average Bonchev–Trinajstić information content (AvgIpc) is 3.49. The maximum absolute atomic E-state index is 13.0. The van der Waals surface area contributed by atoms with Gasteiger partial charge in [0.05, 0.1) is 29.2 Å². The molecule has 1 aromatic carbocycles. The molecule has 1 fully saturated rings. The molecule has 4 heterocycles. The normalized spacial score (nSPS) is 15.9. The number of aromatic carboxylic acids is 1. The molecule has 4 aromatic rings. The zero-order valence-corrected chi connectivity index (χ0v) is 19.1. The highest BCUT2D eigenvalue weighted by Gasteiger charge is 2.21. The van der Waals surface area contributed by atoms with Crippen LogP contribution in [0.4, 0.5) is 16.6 Å². The van der Waals surface area contributed by atoms with Crippen LogP contribution in [0, 0.1) is 6.92 Å². The number of pyridine rings is 1. The highest BCUT2D eigenvalue weighted by molar-refractivity contribution is 7.17. The molecule has 0 radical (unpaired) electrons. The molecule has 1 saturated heterocycles. The fourth-order valence-corrected chi connectivity index (χ4v) is 4.58. The van der Waals surface area contributed by atoms with Gasteiger partial charge < -0.3 is 20.5 Å². The minimum atomic E-state index is -1.05. The molecule has 0 aliphatic carbocycles. The van der Waals surface area contributed by atoms with E-state index in [2.05, 4.69) is 25.7 Å². The van der Waals surface area contributed by atoms with Crippen molar-refractivity contribution in [2.45, 2.75) is 32.4 Å². The summed E-state index contributed by atoms with van der Waals surface area (Å²) in [6, 6.07) is 6.96. The van der Waals surface area contributed by atoms with Crippen molar-refractivity contribution < 1.29 is 19.4 Å². The van der Waals surface area contributed by atoms with Crippen LogP contribution < -0.4 is 10.6 Å². The molecule has 10 nitrogen and oxygen atoms in total. The fourth-order valence-electron chi connectivity index (χ4n) is 3.86. The summed E-state index contributed by atoms with van der Waals surface area (Å²) in [4.78, 5) is 32.7. The lowest BCUT2D eigenvalue weighted by Gasteiger charge is -2.23. The minimum absolute atomic E-state index is 0.0904. The molecular weight excluding hydrogens is 456 g/mol. The van der Waals surface area contributed by atoms with Gasteiger partial charge in [0.2, 0.25) is 0 Å². The first kappa shape index (κ1) is 22.0. The first-order valence-corrected chi connectivity index (χ1v) is 11.6. The lowest BCUT2D eigenvalue weighted by Crippen LogP contribution is -2.19. The SMILES string of the molecule is Cc1ccc2c(cnn2C2CCCCO2)c1NC(=O)c1cnc(Nc2ccc(C(=O)O)cn2)s1. The quantitative estimate of drug-likeness (QED) is 0.367. The molecule has 0 saturated carbocycles. The van der Waals surface area contributed by atoms with Crippen molar-refractivity contribution >= 4 is 50.8 Å². The van der Waals surface area contributed by atoms with Gasteiger partial charge in [-0.25, -0.2) is 19.4 Å². The molecule has 1 amide bonds. The fraction of sp³-hybridized carbons (Fsp3) is 0.261. The number of carboxylic acid groups (broad SMARTS) is 1. The Hall–Kier alpha value is -3.83. The van der Waals surface area contributed by atoms with E-state index in [0.717, 1.165) is 42.3 Å². The largest absolute Gasteiger partial charge is 0.478 e. The van der Waals surface area contributed by atoms with Crippen molar-refractivity contribution in [3.05, 3.63) is 58.9 Å². The number of hydrogen-bond donors (Lipinski definition) is 3. The second kappa shape index (κ2) is 9.20. The molecule has 0 bridgehead atoms. The number of ether oxygens (including phenoxy) is 1. The molecule has 0 spiro atoms. The topological polar surface area (TPSA) is 131 Å². The van der Waals surface area contributed by atoms with Crippen LogP contribution in [0.25, 0.3) is 10.9 Å². The van der Waals surface area contributed by atoms with Crippen molar-refractivity contribution in [1.29, 1.82) is 0 Å². The summed E-state index contributed by atoms with van der Waals surface area (Å²) < 4.78 is 7.78. The number of carbonyl (C=O) groups is 2. The lowest BCUT2D eigenvalue weighted by molar-refractivity contribution is -0.0366. The van der Waals surface area contributed by atoms with Gasteiger partial charge in [0.1, 0.15) is 10.7 Å². The minimum Gasteiger partial charge on any atom is -0.478 e. The summed E-state index contributed by atoms with van der Waals surface area (Å²) in [7, 11) is 0. The van der Waals surface area contributed by atoms with Crippen LogP contribution in [0.1, 0.15) is 51.1 Å². The second-order valence-corrected chi connectivity index (χ2v) is 8.98. The monoisotopic (exact) mass is 478 g/mol. The van der Waals surface area contributed by atoms with E-state index in [1.807, 2.05) is 23.7 Å². The van der Waals surface area contributed by atoms with Gasteiger partial charge in [0, 0.05) is 18.2 Å². The lowest BCUT2D eigenvalue weighted by atomic mass is 10.1. The van der Waals surface area contributed by atoms with E-state index in [0.29, 0.717) is 21.5 Å². The van der Waals surface area contributed by atoms with Gasteiger partial charge in [0.15, 0.2) is 11.4 Å². The number of thiazole rings is 1. The van der Waals surface area contributed by atoms with E-state index in [1.165, 1.54) is 29.8 Å². The highest BCUT2D eigenvalue weighted by atomic mass is 32.1. The number of aromatic nitrogens is 4. The Morgan fingerprint density at radius 1 is 1.15 bits per heavy atom. The van der Waals surface area contributed by atoms with E-state index in [-0.39, 0.29) is 17.7 Å². The third kappa shape index (κ3) is 4.35. The number of amides is 1. The maximum Gasteiger partial charge on any atom is 0.337 e. The second-order valence-electron chi connectivity index (χ2n) is 7.95.